The van der Waals surface area contributed by atoms with E-state index >= 15 is 0 Å². The van der Waals surface area contributed by atoms with E-state index in [1.54, 1.807) is 42.5 Å². The molecule has 0 aliphatic rings. The summed E-state index contributed by atoms with van der Waals surface area (Å²) in [7, 11) is -5.23. The Morgan fingerprint density at radius 2 is 1.23 bits per heavy atom. The third kappa shape index (κ3) is 13.8. The molecule has 5 atom stereocenters. The van der Waals surface area contributed by atoms with Crippen LogP contribution in [0.2, 0.25) is 0 Å². The number of benzene rings is 2. The van der Waals surface area contributed by atoms with Crippen LogP contribution in [0, 0.1) is 0 Å². The van der Waals surface area contributed by atoms with E-state index < -0.39 is 93.2 Å². The maximum atomic E-state index is 13.4. The molecule has 0 spiro atoms. The number of carboxylic acids is 1. The van der Waals surface area contributed by atoms with Crippen molar-refractivity contribution in [1.82, 2.24) is 21.3 Å². The first-order valence-electron chi connectivity index (χ1n) is 14.1. The van der Waals surface area contributed by atoms with Crippen molar-refractivity contribution >= 4 is 43.3 Å². The molecule has 19 nitrogen and oxygen atoms in total. The summed E-state index contributed by atoms with van der Waals surface area (Å²) in [5.74, 6) is -7.18. The molecule has 2 aromatic carbocycles. The van der Waals surface area contributed by atoms with Crippen molar-refractivity contribution in [3.8, 4) is 5.75 Å². The van der Waals surface area contributed by atoms with Gasteiger partial charge >= 0.3 is 13.8 Å². The molecule has 0 saturated heterocycles. The highest BCUT2D eigenvalue weighted by molar-refractivity contribution is 7.46. The fourth-order valence-electron chi connectivity index (χ4n) is 4.08. The van der Waals surface area contributed by atoms with Gasteiger partial charge in [-0.25, -0.2) is 9.36 Å². The van der Waals surface area contributed by atoms with Gasteiger partial charge in [-0.15, -0.1) is 0 Å². The van der Waals surface area contributed by atoms with E-state index in [2.05, 4.69) is 15.2 Å². The van der Waals surface area contributed by atoms with Crippen LogP contribution in [0.3, 0.4) is 0 Å². The zero-order chi connectivity index (χ0) is 36.0. The van der Waals surface area contributed by atoms with Gasteiger partial charge in [0.15, 0.2) is 0 Å². The molecule has 20 heteroatoms. The van der Waals surface area contributed by atoms with E-state index in [0.29, 0.717) is 11.1 Å². The van der Waals surface area contributed by atoms with Crippen molar-refractivity contribution in [3.63, 3.8) is 0 Å². The summed E-state index contributed by atoms with van der Waals surface area (Å²) >= 11 is 0. The van der Waals surface area contributed by atoms with E-state index in [4.69, 9.17) is 21.3 Å². The number of carbonyl (C=O) groups is 6. The molecule has 0 fully saturated rings. The van der Waals surface area contributed by atoms with Gasteiger partial charge < -0.3 is 57.8 Å². The number of amides is 5. The highest BCUT2D eigenvalue weighted by Crippen LogP contribution is 2.35. The second-order valence-electron chi connectivity index (χ2n) is 10.4. The molecular weight excluding hydrogens is 659 g/mol. The van der Waals surface area contributed by atoms with Crippen molar-refractivity contribution in [2.75, 3.05) is 13.2 Å². The fraction of sp³-hybridized carbons (Fsp3) is 0.357. The largest absolute Gasteiger partial charge is 0.508 e. The van der Waals surface area contributed by atoms with Gasteiger partial charge in [-0.05, 0) is 29.7 Å². The maximum absolute atomic E-state index is 13.4. The van der Waals surface area contributed by atoms with Crippen LogP contribution in [-0.4, -0.2) is 104 Å². The number of nitrogens with two attached hydrogens (primary N) is 2. The molecular formula is C28H37N6O13P. The first-order chi connectivity index (χ1) is 22.5. The Hall–Kier alpha value is -4.91. The van der Waals surface area contributed by atoms with Crippen molar-refractivity contribution in [1.29, 1.82) is 0 Å². The molecule has 48 heavy (non-hydrogen) atoms. The number of nitrogens with one attached hydrogen (secondary N) is 4. The Labute approximate surface area is 273 Å². The van der Waals surface area contributed by atoms with Gasteiger partial charge in [0.1, 0.15) is 29.9 Å². The van der Waals surface area contributed by atoms with Crippen LogP contribution >= 0.6 is 7.82 Å². The monoisotopic (exact) mass is 696 g/mol. The van der Waals surface area contributed by atoms with Crippen LogP contribution in [-0.2, 0) is 50.7 Å². The predicted molar refractivity (Wildman–Crippen MR) is 164 cm³/mol. The lowest BCUT2D eigenvalue weighted by Gasteiger charge is -2.25. The highest BCUT2D eigenvalue weighted by atomic mass is 31.2. The van der Waals surface area contributed by atoms with Crippen LogP contribution in [0.15, 0.2) is 54.6 Å². The second-order valence-corrected chi connectivity index (χ2v) is 11.6. The number of carbonyl (C=O) groups excluding carboxylic acids is 5. The van der Waals surface area contributed by atoms with E-state index in [-0.39, 0.29) is 18.6 Å². The van der Waals surface area contributed by atoms with Gasteiger partial charge in [0.25, 0.3) is 0 Å². The molecule has 0 bridgehead atoms. The molecule has 2 aromatic rings. The smallest absolute Gasteiger partial charge is 0.469 e. The summed E-state index contributed by atoms with van der Waals surface area (Å²) in [5, 5.41) is 37.2. The van der Waals surface area contributed by atoms with Crippen LogP contribution in [0.5, 0.6) is 5.75 Å². The van der Waals surface area contributed by atoms with Crippen LogP contribution in [0.4, 0.5) is 0 Å². The Kier molecular flexibility index (Phi) is 15.1. The highest BCUT2D eigenvalue weighted by Gasteiger charge is 2.33. The second kappa shape index (κ2) is 18.4. The number of hydrogen-bond acceptors (Lipinski definition) is 11. The molecule has 2 rings (SSSR count). The SMILES string of the molecule is NC(=O)C[C@H](NC(=O)[C@H](COP(=O)(O)O)NC(=O)[C@H](CO)NC(=O)[C@H](Cc1ccccc1)NC(=O)[C@@H](N)Cc1ccc(O)cc1)C(=O)O. The van der Waals surface area contributed by atoms with Gasteiger partial charge in [0.05, 0.1) is 25.7 Å². The minimum absolute atomic E-state index is 0.00708. The number of phenols is 1. The zero-order valence-electron chi connectivity index (χ0n) is 25.2. The van der Waals surface area contributed by atoms with Crippen LogP contribution in [0.1, 0.15) is 17.5 Å². The fourth-order valence-corrected chi connectivity index (χ4v) is 4.43. The minimum Gasteiger partial charge on any atom is -0.508 e. The number of aromatic hydroxyl groups is 1. The number of phosphoric acid groups is 1. The Balaban J connectivity index is 2.23. The summed E-state index contributed by atoms with van der Waals surface area (Å²) in [6.07, 6.45) is -0.930. The van der Waals surface area contributed by atoms with Gasteiger partial charge in [0.2, 0.25) is 29.5 Å². The lowest BCUT2D eigenvalue weighted by Crippen LogP contribution is -2.60. The number of carboxylic acid groups (broad SMARTS) is 1. The topological polar surface area (TPSA) is 330 Å². The van der Waals surface area contributed by atoms with Crippen molar-refractivity contribution in [3.05, 3.63) is 65.7 Å². The average Bonchev–Trinajstić information content (AvgIpc) is 3.01. The van der Waals surface area contributed by atoms with Gasteiger partial charge in [0, 0.05) is 6.42 Å². The summed E-state index contributed by atoms with van der Waals surface area (Å²) in [6, 6.07) is 6.10. The van der Waals surface area contributed by atoms with Crippen LogP contribution in [0.25, 0.3) is 0 Å². The summed E-state index contributed by atoms with van der Waals surface area (Å²) in [6.45, 7) is -2.28. The Bertz CT molecular complexity index is 1490. The standard InChI is InChI=1S/C28H37N6O13P/c29-18(10-16-6-8-17(36)9-7-16)24(38)31-19(11-15-4-2-1-3-5-15)25(39)33-21(13-35)26(40)34-22(14-47-48(44,45)46)27(41)32-20(28(42)43)12-23(30)37/h1-9,18-22,35-36H,10-14,29H2,(H2,30,37)(H,31,38)(H,32,41)(H,33,39)(H,34,40)(H,42,43)(H2,44,45,46)/t18-,19-,20-,21-,22-/m0/s1. The minimum atomic E-state index is -5.23. The Morgan fingerprint density at radius 3 is 1.77 bits per heavy atom. The molecule has 0 aromatic heterocycles. The van der Waals surface area contributed by atoms with Crippen molar-refractivity contribution < 1.29 is 63.0 Å². The first-order valence-corrected chi connectivity index (χ1v) is 15.6. The number of primary amides is 1. The molecule has 0 radical (unpaired) electrons. The lowest BCUT2D eigenvalue weighted by molar-refractivity contribution is -0.144. The number of rotatable bonds is 19. The summed E-state index contributed by atoms with van der Waals surface area (Å²) < 4.78 is 15.5. The van der Waals surface area contributed by atoms with Gasteiger partial charge in [-0.1, -0.05) is 42.5 Å². The third-order valence-corrected chi connectivity index (χ3v) is 7.01. The molecule has 0 heterocycles. The van der Waals surface area contributed by atoms with Crippen LogP contribution < -0.4 is 32.7 Å². The number of hydrogen-bond donors (Lipinski definition) is 11. The first kappa shape index (κ1) is 39.3. The van der Waals surface area contributed by atoms with Crippen molar-refractivity contribution in [2.24, 2.45) is 11.5 Å². The molecule has 262 valence electrons. The van der Waals surface area contributed by atoms with E-state index in [9.17, 15) is 48.7 Å². The van der Waals surface area contributed by atoms with E-state index in [1.165, 1.54) is 12.1 Å². The zero-order valence-corrected chi connectivity index (χ0v) is 26.1. The van der Waals surface area contributed by atoms with Gasteiger partial charge in [-0.3, -0.25) is 28.5 Å². The number of aliphatic hydroxyl groups is 1. The normalized spacial score (nSPS) is 14.3. The van der Waals surface area contributed by atoms with E-state index in [1.807, 2.05) is 10.6 Å². The van der Waals surface area contributed by atoms with Gasteiger partial charge in [-0.2, -0.15) is 0 Å². The summed E-state index contributed by atoms with van der Waals surface area (Å²) in [5.41, 5.74) is 12.2. The third-order valence-electron chi connectivity index (χ3n) is 6.52. The molecule has 0 unspecified atom stereocenters. The molecule has 0 saturated carbocycles. The molecule has 0 aliphatic carbocycles. The van der Waals surface area contributed by atoms with Crippen molar-refractivity contribution in [2.45, 2.75) is 49.5 Å². The Morgan fingerprint density at radius 1 is 0.729 bits per heavy atom. The summed E-state index contributed by atoms with van der Waals surface area (Å²) in [4.78, 5) is 93.0. The number of aliphatic carboxylic acids is 1. The predicted octanol–water partition coefficient (Wildman–Crippen LogP) is -3.49. The average molecular weight is 697 g/mol. The number of aliphatic hydroxyl groups excluding tert-OH is 1. The number of phosphoric ester groups is 1. The number of phenolic OH excluding ortho intramolecular Hbond substituents is 1. The molecule has 5 amide bonds. The molecule has 0 aliphatic heterocycles. The molecule has 13 N–H and O–H groups in total. The lowest BCUT2D eigenvalue weighted by atomic mass is 10.0. The quantitative estimate of drug-likeness (QED) is 0.0635. The van der Waals surface area contributed by atoms with E-state index in [0.717, 1.165) is 0 Å². The maximum Gasteiger partial charge on any atom is 0.469 e.